The van der Waals surface area contributed by atoms with Gasteiger partial charge < -0.3 is 5.32 Å². The van der Waals surface area contributed by atoms with Gasteiger partial charge in [-0.15, -0.1) is 0 Å². The summed E-state index contributed by atoms with van der Waals surface area (Å²) in [7, 11) is 0. The van der Waals surface area contributed by atoms with E-state index in [0.717, 1.165) is 17.5 Å². The van der Waals surface area contributed by atoms with Gasteiger partial charge in [0.1, 0.15) is 5.82 Å². The van der Waals surface area contributed by atoms with E-state index in [1.54, 1.807) is 0 Å². The van der Waals surface area contributed by atoms with Crippen LogP contribution in [0.4, 0.5) is 5.13 Å². The molecule has 0 bridgehead atoms. The van der Waals surface area contributed by atoms with Gasteiger partial charge in [-0.1, -0.05) is 27.7 Å². The summed E-state index contributed by atoms with van der Waals surface area (Å²) < 4.78 is 4.35. The molecule has 86 valence electrons. The summed E-state index contributed by atoms with van der Waals surface area (Å²) in [6, 6.07) is 0. The van der Waals surface area contributed by atoms with E-state index < -0.39 is 0 Å². The lowest BCUT2D eigenvalue weighted by Gasteiger charge is -2.12. The highest BCUT2D eigenvalue weighted by atomic mass is 32.2. The minimum absolute atomic E-state index is 0.0432. The summed E-state index contributed by atoms with van der Waals surface area (Å²) in [4.78, 5) is 4.47. The van der Waals surface area contributed by atoms with Crippen molar-refractivity contribution in [3.63, 3.8) is 0 Å². The maximum Gasteiger partial charge on any atom is 0.202 e. The molecular weight excluding hydrogens is 226 g/mol. The molecule has 3 nitrogen and oxygen atoms in total. The molecule has 5 heteroatoms. The Kier molecular flexibility index (Phi) is 4.40. The van der Waals surface area contributed by atoms with Gasteiger partial charge in [0.05, 0.1) is 0 Å². The smallest absolute Gasteiger partial charge is 0.202 e. The largest absolute Gasteiger partial charge is 0.359 e. The van der Waals surface area contributed by atoms with Crippen molar-refractivity contribution in [2.75, 3.05) is 18.1 Å². The highest BCUT2D eigenvalue weighted by Gasteiger charge is 2.19. The van der Waals surface area contributed by atoms with Gasteiger partial charge in [-0.05, 0) is 6.26 Å². The summed E-state index contributed by atoms with van der Waals surface area (Å²) in [6.07, 6.45) is 2.12. The van der Waals surface area contributed by atoms with Crippen LogP contribution in [0.25, 0.3) is 0 Å². The van der Waals surface area contributed by atoms with Crippen LogP contribution in [-0.4, -0.2) is 27.4 Å². The number of nitrogens with zero attached hydrogens (tertiary/aromatic N) is 2. The summed E-state index contributed by atoms with van der Waals surface area (Å²) in [5.74, 6) is 0.923. The minimum Gasteiger partial charge on any atom is -0.359 e. The van der Waals surface area contributed by atoms with Crippen LogP contribution in [0.2, 0.25) is 0 Å². The molecule has 0 saturated heterocycles. The number of rotatable bonds is 4. The number of thioether (sulfide) groups is 1. The van der Waals surface area contributed by atoms with Crippen LogP contribution in [0.15, 0.2) is 0 Å². The van der Waals surface area contributed by atoms with Crippen molar-refractivity contribution in [3.05, 3.63) is 5.82 Å². The van der Waals surface area contributed by atoms with Crippen LogP contribution < -0.4 is 5.32 Å². The Hall–Kier alpha value is -0.290. The average Bonchev–Trinajstić information content (AvgIpc) is 2.61. The third kappa shape index (κ3) is 3.99. The van der Waals surface area contributed by atoms with Gasteiger partial charge in [-0.25, -0.2) is 4.98 Å². The van der Waals surface area contributed by atoms with Gasteiger partial charge in [0, 0.05) is 28.7 Å². The van der Waals surface area contributed by atoms with Gasteiger partial charge >= 0.3 is 0 Å². The zero-order valence-electron chi connectivity index (χ0n) is 10.00. The van der Waals surface area contributed by atoms with Crippen LogP contribution in [0.5, 0.6) is 0 Å². The van der Waals surface area contributed by atoms with E-state index in [0.29, 0.717) is 5.25 Å². The van der Waals surface area contributed by atoms with Crippen molar-refractivity contribution >= 4 is 28.4 Å². The van der Waals surface area contributed by atoms with Crippen LogP contribution in [0.1, 0.15) is 33.5 Å². The second kappa shape index (κ2) is 5.16. The first-order valence-corrected chi connectivity index (χ1v) is 7.10. The predicted molar refractivity (Wildman–Crippen MR) is 70.1 cm³/mol. The molecule has 0 aliphatic carbocycles. The van der Waals surface area contributed by atoms with E-state index >= 15 is 0 Å². The second-order valence-corrected chi connectivity index (χ2v) is 6.63. The summed E-state index contributed by atoms with van der Waals surface area (Å²) >= 11 is 3.30. The molecule has 0 aromatic carbocycles. The lowest BCUT2D eigenvalue weighted by molar-refractivity contribution is 0.555. The van der Waals surface area contributed by atoms with Crippen LogP contribution in [-0.2, 0) is 5.41 Å². The highest BCUT2D eigenvalue weighted by Crippen LogP contribution is 2.23. The Labute approximate surface area is 100 Å². The van der Waals surface area contributed by atoms with E-state index in [-0.39, 0.29) is 5.41 Å². The van der Waals surface area contributed by atoms with E-state index in [1.807, 2.05) is 11.8 Å². The monoisotopic (exact) mass is 245 g/mol. The van der Waals surface area contributed by atoms with Crippen molar-refractivity contribution in [2.24, 2.45) is 0 Å². The van der Waals surface area contributed by atoms with E-state index in [9.17, 15) is 0 Å². The Bertz CT molecular complexity index is 304. The summed E-state index contributed by atoms with van der Waals surface area (Å²) in [5, 5.41) is 4.85. The molecule has 0 fully saturated rings. The third-order valence-corrected chi connectivity index (χ3v) is 3.68. The van der Waals surface area contributed by atoms with E-state index in [1.165, 1.54) is 11.5 Å². The maximum atomic E-state index is 4.47. The maximum absolute atomic E-state index is 4.47. The molecule has 1 rings (SSSR count). The molecule has 0 radical (unpaired) electrons. The fraction of sp³-hybridized carbons (Fsp3) is 0.800. The molecule has 1 aromatic heterocycles. The highest BCUT2D eigenvalue weighted by molar-refractivity contribution is 7.99. The SMILES string of the molecule is CSC(C)CNc1nc(C(C)(C)C)ns1. The lowest BCUT2D eigenvalue weighted by Crippen LogP contribution is -2.15. The van der Waals surface area contributed by atoms with Crippen molar-refractivity contribution in [2.45, 2.75) is 38.4 Å². The molecule has 1 aromatic rings. The minimum atomic E-state index is 0.0432. The molecule has 1 heterocycles. The van der Waals surface area contributed by atoms with Gasteiger partial charge in [-0.2, -0.15) is 16.1 Å². The summed E-state index contributed by atoms with van der Waals surface area (Å²) in [5.41, 5.74) is 0.0432. The Morgan fingerprint density at radius 3 is 2.60 bits per heavy atom. The predicted octanol–water partition coefficient (Wildman–Crippen LogP) is 3.00. The van der Waals surface area contributed by atoms with Crippen LogP contribution in [0.3, 0.4) is 0 Å². The second-order valence-electron chi connectivity index (χ2n) is 4.60. The van der Waals surface area contributed by atoms with E-state index in [2.05, 4.69) is 48.6 Å². The van der Waals surface area contributed by atoms with Gasteiger partial charge in [0.25, 0.3) is 0 Å². The fourth-order valence-corrected chi connectivity index (χ4v) is 1.93. The van der Waals surface area contributed by atoms with Crippen molar-refractivity contribution in [3.8, 4) is 0 Å². The van der Waals surface area contributed by atoms with Crippen molar-refractivity contribution < 1.29 is 0 Å². The zero-order valence-corrected chi connectivity index (χ0v) is 11.6. The van der Waals surface area contributed by atoms with Gasteiger partial charge in [0.2, 0.25) is 5.13 Å². The van der Waals surface area contributed by atoms with Crippen LogP contribution >= 0.6 is 23.3 Å². The quantitative estimate of drug-likeness (QED) is 0.885. The zero-order chi connectivity index (χ0) is 11.5. The standard InChI is InChI=1S/C10H19N3S2/c1-7(14-5)6-11-9-12-8(13-15-9)10(2,3)4/h7H,6H2,1-5H3,(H,11,12,13). The molecule has 0 amide bonds. The Morgan fingerprint density at radius 1 is 1.47 bits per heavy atom. The lowest BCUT2D eigenvalue weighted by atomic mass is 9.96. The molecular formula is C10H19N3S2. The molecule has 1 N–H and O–H groups in total. The Balaban J connectivity index is 2.54. The first kappa shape index (κ1) is 12.8. The number of anilines is 1. The van der Waals surface area contributed by atoms with Crippen molar-refractivity contribution in [1.29, 1.82) is 0 Å². The molecule has 1 unspecified atom stereocenters. The van der Waals surface area contributed by atoms with Crippen LogP contribution in [0, 0.1) is 0 Å². The Morgan fingerprint density at radius 2 is 2.13 bits per heavy atom. The third-order valence-electron chi connectivity index (χ3n) is 2.04. The number of hydrogen-bond donors (Lipinski definition) is 1. The number of aromatic nitrogens is 2. The topological polar surface area (TPSA) is 37.8 Å². The molecule has 0 saturated carbocycles. The molecule has 0 aliphatic heterocycles. The first-order valence-electron chi connectivity index (χ1n) is 5.04. The van der Waals surface area contributed by atoms with Gasteiger partial charge in [-0.3, -0.25) is 0 Å². The molecule has 15 heavy (non-hydrogen) atoms. The molecule has 1 atom stereocenters. The molecule has 0 spiro atoms. The van der Waals surface area contributed by atoms with Crippen molar-refractivity contribution in [1.82, 2.24) is 9.36 Å². The normalized spacial score (nSPS) is 13.9. The number of nitrogens with one attached hydrogen (secondary N) is 1. The number of hydrogen-bond acceptors (Lipinski definition) is 5. The van der Waals surface area contributed by atoms with E-state index in [4.69, 9.17) is 0 Å². The average molecular weight is 245 g/mol. The first-order chi connectivity index (χ1) is 6.93. The molecule has 0 aliphatic rings. The van der Waals surface area contributed by atoms with Gasteiger partial charge in [0.15, 0.2) is 0 Å². The summed E-state index contributed by atoms with van der Waals surface area (Å²) in [6.45, 7) is 9.53. The fourth-order valence-electron chi connectivity index (χ4n) is 0.914.